The zero-order chi connectivity index (χ0) is 18.4. The zero-order valence-electron chi connectivity index (χ0n) is 12.8. The molecule has 1 aliphatic heterocycles. The Bertz CT molecular complexity index is 1050. The van der Waals surface area contributed by atoms with Crippen molar-refractivity contribution in [1.82, 2.24) is 4.31 Å². The lowest BCUT2D eigenvalue weighted by Gasteiger charge is -2.12. The molecule has 1 aliphatic rings. The Morgan fingerprint density at radius 1 is 1.32 bits per heavy atom. The van der Waals surface area contributed by atoms with E-state index in [0.29, 0.717) is 0 Å². The highest BCUT2D eigenvalue weighted by atomic mass is 79.9. The Morgan fingerprint density at radius 2 is 2.04 bits per heavy atom. The molecule has 3 rings (SSSR count). The van der Waals surface area contributed by atoms with Gasteiger partial charge in [0.05, 0.1) is 21.7 Å². The first kappa shape index (κ1) is 17.4. The van der Waals surface area contributed by atoms with Crippen molar-refractivity contribution in [2.24, 2.45) is 0 Å². The second-order valence-corrected chi connectivity index (χ2v) is 7.71. The summed E-state index contributed by atoms with van der Waals surface area (Å²) in [5, 5.41) is 8.88. The average molecular weight is 425 g/mol. The monoisotopic (exact) mass is 424 g/mol. The van der Waals surface area contributed by atoms with Crippen LogP contribution in [0.1, 0.15) is 22.8 Å². The third-order valence-electron chi connectivity index (χ3n) is 3.58. The fraction of sp³-hybridized carbons (Fsp3) is 0.125. The predicted molar refractivity (Wildman–Crippen MR) is 89.2 cm³/mol. The van der Waals surface area contributed by atoms with Gasteiger partial charge in [0, 0.05) is 12.6 Å². The van der Waals surface area contributed by atoms with E-state index >= 15 is 0 Å². The predicted octanol–water partition coefficient (Wildman–Crippen LogP) is 3.42. The molecule has 128 valence electrons. The number of carbonyl (C=O) groups excluding carboxylic acids is 1. The van der Waals surface area contributed by atoms with E-state index in [2.05, 4.69) is 15.9 Å². The number of hydrogen-bond donors (Lipinski definition) is 0. The summed E-state index contributed by atoms with van der Waals surface area (Å²) in [5.41, 5.74) is 0.102. The second-order valence-electron chi connectivity index (χ2n) is 5.12. The molecule has 0 N–H and O–H groups in total. The van der Waals surface area contributed by atoms with E-state index < -0.39 is 21.7 Å². The van der Waals surface area contributed by atoms with Crippen LogP contribution in [0, 0.1) is 17.1 Å². The molecule has 9 heteroatoms. The lowest BCUT2D eigenvalue weighted by molar-refractivity contribution is 0.0876. The van der Waals surface area contributed by atoms with Crippen LogP contribution in [0.4, 0.5) is 4.39 Å². The number of amides is 1. The highest BCUT2D eigenvalue weighted by molar-refractivity contribution is 9.10. The number of ether oxygens (including phenoxy) is 1. The van der Waals surface area contributed by atoms with Crippen LogP contribution in [0.3, 0.4) is 0 Å². The average Bonchev–Trinajstić information content (AvgIpc) is 2.75. The summed E-state index contributed by atoms with van der Waals surface area (Å²) in [6, 6.07) is 7.99. The summed E-state index contributed by atoms with van der Waals surface area (Å²) >= 11 is 3.16. The minimum Gasteiger partial charge on any atom is -0.456 e. The van der Waals surface area contributed by atoms with E-state index in [1.54, 1.807) is 13.0 Å². The maximum absolute atomic E-state index is 13.5. The summed E-state index contributed by atoms with van der Waals surface area (Å²) in [4.78, 5) is 12.0. The van der Waals surface area contributed by atoms with Gasteiger partial charge in [-0.15, -0.1) is 0 Å². The van der Waals surface area contributed by atoms with Gasteiger partial charge >= 0.3 is 0 Å². The smallest absolute Gasteiger partial charge is 0.269 e. The van der Waals surface area contributed by atoms with Crippen LogP contribution in [-0.2, 0) is 10.0 Å². The molecule has 0 saturated carbocycles. The highest BCUT2D eigenvalue weighted by Crippen LogP contribution is 2.42. The van der Waals surface area contributed by atoms with Gasteiger partial charge in [-0.25, -0.2) is 17.1 Å². The summed E-state index contributed by atoms with van der Waals surface area (Å²) in [7, 11) is -3.98. The van der Waals surface area contributed by atoms with E-state index in [1.165, 1.54) is 18.2 Å². The van der Waals surface area contributed by atoms with Crippen molar-refractivity contribution < 1.29 is 22.3 Å². The molecule has 2 aromatic rings. The number of halogens is 2. The van der Waals surface area contributed by atoms with Gasteiger partial charge in [0.15, 0.2) is 0 Å². The Kier molecular flexibility index (Phi) is 4.26. The quantitative estimate of drug-likeness (QED) is 0.752. The molecule has 0 fully saturated rings. The molecule has 0 aromatic heterocycles. The lowest BCUT2D eigenvalue weighted by atomic mass is 10.2. The van der Waals surface area contributed by atoms with Gasteiger partial charge in [-0.05, 0) is 47.1 Å². The van der Waals surface area contributed by atoms with Crippen molar-refractivity contribution >= 4 is 31.9 Å². The summed E-state index contributed by atoms with van der Waals surface area (Å²) < 4.78 is 44.9. The first-order valence-corrected chi connectivity index (χ1v) is 9.31. The number of rotatable bonds is 3. The number of nitriles is 1. The Balaban J connectivity index is 2.10. The Hall–Kier alpha value is -2.44. The summed E-state index contributed by atoms with van der Waals surface area (Å²) in [5.74, 6) is -1.15. The van der Waals surface area contributed by atoms with Crippen molar-refractivity contribution in [3.05, 3.63) is 51.7 Å². The van der Waals surface area contributed by atoms with Crippen LogP contribution in [0.2, 0.25) is 0 Å². The third kappa shape index (κ3) is 2.77. The van der Waals surface area contributed by atoms with Crippen LogP contribution in [0.25, 0.3) is 0 Å². The standard InChI is InChI=1S/C16H10BrFN2O4S/c1-2-20-16(21)12-3-4-13(14(17)15(12)25(20,22)23)24-11-6-9(8-19)5-10(18)7-11/h3-7H,2H2,1H3. The molecule has 25 heavy (non-hydrogen) atoms. The molecule has 0 atom stereocenters. The molecule has 0 unspecified atom stereocenters. The first-order valence-electron chi connectivity index (χ1n) is 7.07. The number of hydrogen-bond acceptors (Lipinski definition) is 5. The molecule has 1 heterocycles. The van der Waals surface area contributed by atoms with Crippen LogP contribution >= 0.6 is 15.9 Å². The highest BCUT2D eigenvalue weighted by Gasteiger charge is 2.42. The van der Waals surface area contributed by atoms with Gasteiger partial charge in [-0.3, -0.25) is 4.79 Å². The van der Waals surface area contributed by atoms with Gasteiger partial charge in [0.2, 0.25) is 0 Å². The molecule has 0 saturated heterocycles. The summed E-state index contributed by atoms with van der Waals surface area (Å²) in [6.07, 6.45) is 0. The minimum absolute atomic E-state index is 0.00784. The van der Waals surface area contributed by atoms with Crippen LogP contribution in [-0.4, -0.2) is 25.2 Å². The molecule has 0 bridgehead atoms. The number of carbonyl (C=O) groups is 1. The second kappa shape index (κ2) is 6.13. The molecule has 0 spiro atoms. The van der Waals surface area contributed by atoms with E-state index in [1.807, 2.05) is 0 Å². The summed E-state index contributed by atoms with van der Waals surface area (Å²) in [6.45, 7) is 1.57. The molecule has 0 radical (unpaired) electrons. The number of sulfonamides is 1. The number of benzene rings is 2. The molecule has 1 amide bonds. The van der Waals surface area contributed by atoms with Crippen molar-refractivity contribution in [3.8, 4) is 17.6 Å². The maximum Gasteiger partial charge on any atom is 0.269 e. The Morgan fingerprint density at radius 3 is 2.68 bits per heavy atom. The van der Waals surface area contributed by atoms with Crippen LogP contribution in [0.15, 0.2) is 39.7 Å². The van der Waals surface area contributed by atoms with Gasteiger partial charge in [0.25, 0.3) is 15.9 Å². The Labute approximate surface area is 151 Å². The number of nitrogens with zero attached hydrogens (tertiary/aromatic N) is 2. The van der Waals surface area contributed by atoms with E-state index in [4.69, 9.17) is 10.00 Å². The third-order valence-corrected chi connectivity index (χ3v) is 6.58. The largest absolute Gasteiger partial charge is 0.456 e. The zero-order valence-corrected chi connectivity index (χ0v) is 15.2. The fourth-order valence-corrected chi connectivity index (χ4v) is 5.20. The van der Waals surface area contributed by atoms with E-state index in [9.17, 15) is 17.6 Å². The van der Waals surface area contributed by atoms with Crippen molar-refractivity contribution in [2.45, 2.75) is 11.8 Å². The minimum atomic E-state index is -3.98. The fourth-order valence-electron chi connectivity index (χ4n) is 2.52. The molecule has 2 aromatic carbocycles. The topological polar surface area (TPSA) is 87.5 Å². The van der Waals surface area contributed by atoms with Crippen molar-refractivity contribution in [2.75, 3.05) is 6.54 Å². The van der Waals surface area contributed by atoms with E-state index in [-0.39, 0.29) is 38.5 Å². The van der Waals surface area contributed by atoms with Crippen LogP contribution in [0.5, 0.6) is 11.5 Å². The van der Waals surface area contributed by atoms with E-state index in [0.717, 1.165) is 16.4 Å². The van der Waals surface area contributed by atoms with Gasteiger partial charge < -0.3 is 4.74 Å². The molecular formula is C16H10BrFN2O4S. The number of fused-ring (bicyclic) bond motifs is 1. The SMILES string of the molecule is CCN1C(=O)c2ccc(Oc3cc(F)cc(C#N)c3)c(Br)c2S1(=O)=O. The van der Waals surface area contributed by atoms with Gasteiger partial charge in [-0.1, -0.05) is 0 Å². The van der Waals surface area contributed by atoms with Crippen molar-refractivity contribution in [3.63, 3.8) is 0 Å². The molecular weight excluding hydrogens is 415 g/mol. The lowest BCUT2D eigenvalue weighted by Crippen LogP contribution is -2.29. The van der Waals surface area contributed by atoms with Crippen molar-refractivity contribution in [1.29, 1.82) is 5.26 Å². The van der Waals surface area contributed by atoms with Gasteiger partial charge in [-0.2, -0.15) is 5.26 Å². The normalized spacial score (nSPS) is 15.0. The molecule has 6 nitrogen and oxygen atoms in total. The maximum atomic E-state index is 13.5. The first-order chi connectivity index (χ1) is 11.8. The van der Waals surface area contributed by atoms with Crippen LogP contribution < -0.4 is 4.74 Å². The molecule has 0 aliphatic carbocycles. The van der Waals surface area contributed by atoms with Gasteiger partial charge in [0.1, 0.15) is 22.2 Å².